The fraction of sp³-hybridized carbons (Fsp3) is 0.982. The molecule has 0 aromatic carbocycles. The monoisotopic (exact) mass is 1080 g/mol. The number of carbonyl (C=O) groups is 1. The maximum atomic E-state index is 13.5. The fourth-order valence-corrected chi connectivity index (χ4v) is 11.3. The number of phosphoric ester groups is 1. The molecule has 7 unspecified atom stereocenters. The van der Waals surface area contributed by atoms with Crippen LogP contribution in [-0.4, -0.2) is 149 Å². The maximum Gasteiger partial charge on any atom is 0.472 e. The quantitative estimate of drug-likeness (QED) is 0.0200. The van der Waals surface area contributed by atoms with Crippen LogP contribution >= 0.6 is 7.82 Å². The number of amides is 1. The zero-order valence-corrected chi connectivity index (χ0v) is 47.1. The van der Waals surface area contributed by atoms with Crippen molar-refractivity contribution in [2.75, 3.05) is 13.2 Å². The molecule has 14 atom stereocenters. The van der Waals surface area contributed by atoms with E-state index >= 15 is 0 Å². The molecule has 1 saturated carbocycles. The van der Waals surface area contributed by atoms with Gasteiger partial charge in [-0.05, 0) is 12.8 Å². The van der Waals surface area contributed by atoms with Crippen molar-refractivity contribution in [1.82, 2.24) is 5.32 Å². The topological polar surface area (TPSA) is 285 Å². The first-order chi connectivity index (χ1) is 35.7. The van der Waals surface area contributed by atoms with E-state index in [1.165, 1.54) is 167 Å². The van der Waals surface area contributed by atoms with Crippen molar-refractivity contribution in [1.29, 1.82) is 0 Å². The van der Waals surface area contributed by atoms with Crippen LogP contribution in [0, 0.1) is 0 Å². The van der Waals surface area contributed by atoms with Crippen LogP contribution in [0.4, 0.5) is 0 Å². The molecule has 0 aromatic rings. The molecule has 1 amide bonds. The van der Waals surface area contributed by atoms with Crippen molar-refractivity contribution in [2.45, 2.75) is 337 Å². The van der Waals surface area contributed by atoms with Crippen molar-refractivity contribution < 1.29 is 78.7 Å². The molecule has 0 spiro atoms. The van der Waals surface area contributed by atoms with Gasteiger partial charge in [0.25, 0.3) is 0 Å². The van der Waals surface area contributed by atoms with Gasteiger partial charge in [-0.25, -0.2) is 4.57 Å². The van der Waals surface area contributed by atoms with Crippen LogP contribution in [0.25, 0.3) is 0 Å². The maximum absolute atomic E-state index is 13.5. The first-order valence-electron chi connectivity index (χ1n) is 30.0. The molecule has 2 aliphatic rings. The van der Waals surface area contributed by atoms with E-state index in [9.17, 15) is 60.2 Å². The number of aliphatic hydroxyl groups excluding tert-OH is 9. The van der Waals surface area contributed by atoms with Gasteiger partial charge in [0.15, 0.2) is 6.29 Å². The van der Waals surface area contributed by atoms with Gasteiger partial charge in [-0.2, -0.15) is 0 Å². The van der Waals surface area contributed by atoms with Gasteiger partial charge in [-0.1, -0.05) is 239 Å². The van der Waals surface area contributed by atoms with Gasteiger partial charge in [-0.15, -0.1) is 0 Å². The lowest BCUT2D eigenvalue weighted by Crippen LogP contribution is -2.67. The Morgan fingerprint density at radius 3 is 1.24 bits per heavy atom. The summed E-state index contributed by atoms with van der Waals surface area (Å²) in [6.45, 7) is 2.97. The molecule has 18 heteroatoms. The molecule has 17 nitrogen and oxygen atoms in total. The first kappa shape index (κ1) is 69.2. The lowest BCUT2D eigenvalue weighted by molar-refractivity contribution is -0.338. The van der Waals surface area contributed by atoms with Gasteiger partial charge in [0.05, 0.1) is 25.4 Å². The largest absolute Gasteiger partial charge is 0.472 e. The lowest BCUT2D eigenvalue weighted by atomic mass is 9.84. The average molecular weight is 1080 g/mol. The van der Waals surface area contributed by atoms with E-state index < -0.39 is 101 Å². The van der Waals surface area contributed by atoms with Crippen molar-refractivity contribution in [2.24, 2.45) is 0 Å². The number of carbonyl (C=O) groups excluding carboxylic acids is 1. The van der Waals surface area contributed by atoms with Gasteiger partial charge in [0, 0.05) is 6.42 Å². The third-order valence-electron chi connectivity index (χ3n) is 15.3. The van der Waals surface area contributed by atoms with Gasteiger partial charge < -0.3 is 65.6 Å². The highest BCUT2D eigenvalue weighted by atomic mass is 31.2. The van der Waals surface area contributed by atoms with Gasteiger partial charge in [0.2, 0.25) is 5.91 Å². The summed E-state index contributed by atoms with van der Waals surface area (Å²) in [5.41, 5.74) is 0. The molecule has 1 heterocycles. The summed E-state index contributed by atoms with van der Waals surface area (Å²) in [7, 11) is -5.32. The lowest BCUT2D eigenvalue weighted by Gasteiger charge is -2.47. The number of nitrogens with one attached hydrogen (secondary N) is 1. The minimum absolute atomic E-state index is 0.178. The molecule has 0 bridgehead atoms. The van der Waals surface area contributed by atoms with Crippen molar-refractivity contribution in [3.63, 3.8) is 0 Å². The Bertz CT molecular complexity index is 1390. The summed E-state index contributed by atoms with van der Waals surface area (Å²) >= 11 is 0. The van der Waals surface area contributed by atoms with Gasteiger partial charge >= 0.3 is 7.82 Å². The zero-order chi connectivity index (χ0) is 54.4. The number of rotatable bonds is 48. The molecule has 1 saturated heterocycles. The van der Waals surface area contributed by atoms with E-state index in [4.69, 9.17) is 18.5 Å². The Hall–Kier alpha value is -0.860. The zero-order valence-electron chi connectivity index (χ0n) is 46.2. The number of phosphoric acid groups is 1. The number of hydrogen-bond donors (Lipinski definition) is 11. The summed E-state index contributed by atoms with van der Waals surface area (Å²) in [6, 6.07) is -1.14. The van der Waals surface area contributed by atoms with Crippen molar-refractivity contribution in [3.8, 4) is 0 Å². The summed E-state index contributed by atoms with van der Waals surface area (Å²) in [4.78, 5) is 24.2. The molecule has 2 fully saturated rings. The number of unbranched alkanes of at least 4 members (excludes halogenated alkanes) is 34. The Morgan fingerprint density at radius 1 is 0.500 bits per heavy atom. The summed E-state index contributed by atoms with van der Waals surface area (Å²) in [5.74, 6) is -0.364. The second-order valence-electron chi connectivity index (χ2n) is 21.9. The second kappa shape index (κ2) is 43.0. The van der Waals surface area contributed by atoms with E-state index in [1.807, 2.05) is 0 Å². The van der Waals surface area contributed by atoms with Gasteiger partial charge in [-0.3, -0.25) is 13.8 Å². The summed E-state index contributed by atoms with van der Waals surface area (Å²) in [5, 5.41) is 97.5. The molecule has 11 N–H and O–H groups in total. The second-order valence-corrected chi connectivity index (χ2v) is 23.3. The van der Waals surface area contributed by atoms with Crippen LogP contribution in [0.5, 0.6) is 0 Å². The van der Waals surface area contributed by atoms with Crippen LogP contribution in [0.15, 0.2) is 0 Å². The van der Waals surface area contributed by atoms with Crippen molar-refractivity contribution >= 4 is 13.7 Å². The Morgan fingerprint density at radius 2 is 0.851 bits per heavy atom. The SMILES string of the molecule is CCCCCCCCCCCCCCCCCCCCCCCC(=O)N[C@@H](COP(=O)(O)O[C@H]1C(O)C(O)C(O)[C@@H](O)C1O[C@H]1O[C@H](CO)[C@@H](O)C(O)C1O)[C@H](O)CCCCCCCCCCCCCCCCC. The Balaban J connectivity index is 1.85. The molecule has 440 valence electrons. The third-order valence-corrected chi connectivity index (χ3v) is 16.3. The molecular formula is C56H110NO16P. The standard InChI is InChI=1S/C56H110NO16P/c1-3-5-7-9-11-13-15-17-19-20-21-22-23-24-26-28-30-32-34-36-38-40-46(60)57-43(44(59)39-37-35-33-31-29-27-25-18-16-14-12-10-8-6-4-2)42-70-74(68,69)73-55-52(66)50(64)49(63)51(65)54(55)72-56-53(67)48(62)47(61)45(41-58)71-56/h43-45,47-56,58-59,61-67H,3-42H2,1-2H3,(H,57,60)(H,68,69)/t43-,44+,45+,47+,48?,49?,50?,51+,52?,53?,54?,55-,56+/m0/s1. The Labute approximate surface area is 446 Å². The fourth-order valence-electron chi connectivity index (χ4n) is 10.3. The highest BCUT2D eigenvalue weighted by Gasteiger charge is 2.55. The first-order valence-corrected chi connectivity index (χ1v) is 31.5. The number of aliphatic hydroxyl groups is 9. The van der Waals surface area contributed by atoms with Crippen LogP contribution in [0.2, 0.25) is 0 Å². The van der Waals surface area contributed by atoms with Crippen LogP contribution < -0.4 is 5.32 Å². The third kappa shape index (κ3) is 29.9. The molecule has 0 radical (unpaired) electrons. The predicted octanol–water partition coefficient (Wildman–Crippen LogP) is 8.84. The summed E-state index contributed by atoms with van der Waals surface area (Å²) in [6.07, 6.45) is 21.4. The highest BCUT2D eigenvalue weighted by Crippen LogP contribution is 2.48. The Kier molecular flexibility index (Phi) is 40.2. The average Bonchev–Trinajstić information content (AvgIpc) is 3.38. The van der Waals surface area contributed by atoms with Crippen LogP contribution in [0.1, 0.15) is 258 Å². The predicted molar refractivity (Wildman–Crippen MR) is 288 cm³/mol. The molecule has 2 rings (SSSR count). The van der Waals surface area contributed by atoms with Crippen LogP contribution in [0.3, 0.4) is 0 Å². The van der Waals surface area contributed by atoms with E-state index in [2.05, 4.69) is 19.2 Å². The molecule has 1 aliphatic carbocycles. The molecule has 74 heavy (non-hydrogen) atoms. The highest BCUT2D eigenvalue weighted by molar-refractivity contribution is 7.47. The van der Waals surface area contributed by atoms with E-state index in [0.29, 0.717) is 12.8 Å². The molecule has 1 aliphatic heterocycles. The normalized spacial score (nSPS) is 27.0. The molecular weight excluding hydrogens is 974 g/mol. The minimum atomic E-state index is -5.32. The number of hydrogen-bond acceptors (Lipinski definition) is 15. The van der Waals surface area contributed by atoms with E-state index in [-0.39, 0.29) is 18.7 Å². The molecule has 0 aromatic heterocycles. The number of ether oxygens (including phenoxy) is 2. The van der Waals surface area contributed by atoms with E-state index in [1.54, 1.807) is 0 Å². The van der Waals surface area contributed by atoms with E-state index in [0.717, 1.165) is 51.4 Å². The van der Waals surface area contributed by atoms with Gasteiger partial charge in [0.1, 0.15) is 61.0 Å². The smallest absolute Gasteiger partial charge is 0.394 e. The summed E-state index contributed by atoms with van der Waals surface area (Å²) < 4.78 is 35.0. The van der Waals surface area contributed by atoms with Crippen LogP contribution in [-0.2, 0) is 27.9 Å². The van der Waals surface area contributed by atoms with Crippen molar-refractivity contribution in [3.05, 3.63) is 0 Å². The minimum Gasteiger partial charge on any atom is -0.394 e.